The van der Waals surface area contributed by atoms with E-state index < -0.39 is 34.1 Å². The molecule has 29 heavy (non-hydrogen) atoms. The Balaban J connectivity index is 1.94. The minimum Gasteiger partial charge on any atom is -0.389 e. The number of aliphatic hydroxyl groups is 2. The molecule has 3 N–H and O–H groups in total. The van der Waals surface area contributed by atoms with Crippen molar-refractivity contribution in [3.8, 4) is 6.07 Å². The fourth-order valence-electron chi connectivity index (χ4n) is 2.35. The second-order valence-corrected chi connectivity index (χ2v) is 9.16. The fraction of sp³-hybridized carbons (Fsp3) is 0.412. The molecule has 1 amide bonds. The van der Waals surface area contributed by atoms with Crippen molar-refractivity contribution in [1.29, 1.82) is 5.26 Å². The summed E-state index contributed by atoms with van der Waals surface area (Å²) in [5.74, 6) is -1.51. The number of carbonyl (C=O) groups is 1. The van der Waals surface area contributed by atoms with Crippen LogP contribution in [0.5, 0.6) is 0 Å². The van der Waals surface area contributed by atoms with Crippen LogP contribution in [-0.2, 0) is 16.4 Å². The summed E-state index contributed by atoms with van der Waals surface area (Å²) in [5, 5.41) is 33.7. The van der Waals surface area contributed by atoms with Gasteiger partial charge in [-0.2, -0.15) is 5.26 Å². The van der Waals surface area contributed by atoms with Gasteiger partial charge in [-0.25, -0.2) is 17.7 Å². The summed E-state index contributed by atoms with van der Waals surface area (Å²) in [6.45, 7) is -0.302. The highest BCUT2D eigenvalue weighted by molar-refractivity contribution is 7.92. The predicted octanol–water partition coefficient (Wildman–Crippen LogP) is -0.232. The van der Waals surface area contributed by atoms with Gasteiger partial charge < -0.3 is 15.5 Å². The van der Waals surface area contributed by atoms with Gasteiger partial charge in [0.25, 0.3) is 5.91 Å². The molecule has 3 unspecified atom stereocenters. The summed E-state index contributed by atoms with van der Waals surface area (Å²) in [7, 11) is -2.18. The van der Waals surface area contributed by atoms with Crippen molar-refractivity contribution in [2.24, 2.45) is 5.92 Å². The van der Waals surface area contributed by atoms with Gasteiger partial charge in [-0.05, 0) is 24.1 Å². The van der Waals surface area contributed by atoms with Crippen LogP contribution in [-0.4, -0.2) is 66.6 Å². The number of hydrogen-bond acceptors (Lipinski definition) is 9. The van der Waals surface area contributed by atoms with Crippen LogP contribution in [0.3, 0.4) is 0 Å². The van der Waals surface area contributed by atoms with Crippen LogP contribution in [0.15, 0.2) is 29.9 Å². The van der Waals surface area contributed by atoms with Crippen LogP contribution in [0.2, 0.25) is 0 Å². The lowest BCUT2D eigenvalue weighted by Gasteiger charge is -2.22. The van der Waals surface area contributed by atoms with Gasteiger partial charge in [-0.15, -0.1) is 11.3 Å². The molecule has 0 saturated carbocycles. The molecule has 0 spiro atoms. The third-order valence-electron chi connectivity index (χ3n) is 4.14. The maximum absolute atomic E-state index is 12.2. The average Bonchev–Trinajstić information content (AvgIpc) is 3.19. The standard InChI is InChI=1S/C17H21N5O5S2/c1-22(29(2,26)27)17-21-13(10-28-17)16(25)20-9-14(23)15(24)12(8-18)7-11-3-5-19-6-4-11/h3-6,10,12,14-15,23-24H,7,9H2,1-2H3,(H,20,25). The summed E-state index contributed by atoms with van der Waals surface area (Å²) < 4.78 is 24.0. The van der Waals surface area contributed by atoms with Crippen LogP contribution < -0.4 is 9.62 Å². The Hall–Kier alpha value is -2.59. The summed E-state index contributed by atoms with van der Waals surface area (Å²) >= 11 is 0.978. The number of pyridine rings is 1. The molecule has 12 heteroatoms. The van der Waals surface area contributed by atoms with E-state index in [-0.39, 0.29) is 23.8 Å². The van der Waals surface area contributed by atoms with Gasteiger partial charge >= 0.3 is 0 Å². The summed E-state index contributed by atoms with van der Waals surface area (Å²) in [5.41, 5.74) is 0.766. The minimum absolute atomic E-state index is 0.0178. The fourth-order valence-corrected chi connectivity index (χ4v) is 3.88. The van der Waals surface area contributed by atoms with Gasteiger partial charge in [0.1, 0.15) is 5.69 Å². The Morgan fingerprint density at radius 3 is 2.62 bits per heavy atom. The van der Waals surface area contributed by atoms with Crippen molar-refractivity contribution >= 4 is 32.4 Å². The number of aromatic nitrogens is 2. The zero-order valence-corrected chi connectivity index (χ0v) is 17.4. The number of nitriles is 1. The number of amides is 1. The highest BCUT2D eigenvalue weighted by atomic mass is 32.2. The van der Waals surface area contributed by atoms with E-state index in [1.807, 2.05) is 6.07 Å². The molecule has 10 nitrogen and oxygen atoms in total. The monoisotopic (exact) mass is 439 g/mol. The summed E-state index contributed by atoms with van der Waals surface area (Å²) in [4.78, 5) is 20.0. The number of hydrogen-bond donors (Lipinski definition) is 3. The first kappa shape index (κ1) is 22.7. The largest absolute Gasteiger partial charge is 0.389 e. The molecule has 0 aliphatic carbocycles. The number of carbonyl (C=O) groups excluding carboxylic acids is 1. The molecule has 0 fully saturated rings. The number of rotatable bonds is 9. The van der Waals surface area contributed by atoms with Gasteiger partial charge in [0.15, 0.2) is 5.13 Å². The van der Waals surface area contributed by atoms with E-state index >= 15 is 0 Å². The topological polar surface area (TPSA) is 157 Å². The van der Waals surface area contributed by atoms with Crippen molar-refractivity contribution in [1.82, 2.24) is 15.3 Å². The number of nitrogens with zero attached hydrogens (tertiary/aromatic N) is 4. The van der Waals surface area contributed by atoms with Crippen LogP contribution in [0.25, 0.3) is 0 Å². The maximum Gasteiger partial charge on any atom is 0.270 e. The maximum atomic E-state index is 12.2. The van der Waals surface area contributed by atoms with Gasteiger partial charge in [0.05, 0.1) is 30.5 Å². The first-order chi connectivity index (χ1) is 13.6. The Kier molecular flexibility index (Phi) is 7.63. The van der Waals surface area contributed by atoms with E-state index in [9.17, 15) is 28.7 Å². The van der Waals surface area contributed by atoms with Crippen molar-refractivity contribution < 1.29 is 23.4 Å². The van der Waals surface area contributed by atoms with E-state index in [0.29, 0.717) is 0 Å². The third kappa shape index (κ3) is 6.20. The molecular formula is C17H21N5O5S2. The van der Waals surface area contributed by atoms with Crippen molar-refractivity contribution in [2.75, 3.05) is 24.2 Å². The van der Waals surface area contributed by atoms with Crippen LogP contribution >= 0.6 is 11.3 Å². The molecule has 0 aliphatic rings. The first-order valence-corrected chi connectivity index (χ1v) is 11.2. The lowest BCUT2D eigenvalue weighted by molar-refractivity contribution is -0.00203. The van der Waals surface area contributed by atoms with E-state index in [1.165, 1.54) is 12.4 Å². The molecule has 2 aromatic rings. The van der Waals surface area contributed by atoms with Crippen LogP contribution in [0, 0.1) is 17.2 Å². The smallest absolute Gasteiger partial charge is 0.270 e. The van der Waals surface area contributed by atoms with Gasteiger partial charge in [0.2, 0.25) is 10.0 Å². The van der Waals surface area contributed by atoms with Gasteiger partial charge in [-0.3, -0.25) is 9.78 Å². The Morgan fingerprint density at radius 1 is 1.38 bits per heavy atom. The average molecular weight is 440 g/mol. The summed E-state index contributed by atoms with van der Waals surface area (Å²) in [6.07, 6.45) is 1.62. The summed E-state index contributed by atoms with van der Waals surface area (Å²) in [6, 6.07) is 5.38. The van der Waals surface area contributed by atoms with E-state index in [4.69, 9.17) is 0 Å². The second kappa shape index (κ2) is 9.75. The Labute approximate surface area is 172 Å². The van der Waals surface area contributed by atoms with Crippen molar-refractivity contribution in [3.05, 3.63) is 41.2 Å². The third-order valence-corrected chi connectivity index (χ3v) is 6.34. The molecule has 0 bridgehead atoms. The zero-order chi connectivity index (χ0) is 21.6. The predicted molar refractivity (Wildman–Crippen MR) is 107 cm³/mol. The molecule has 0 radical (unpaired) electrons. The molecule has 0 aliphatic heterocycles. The quantitative estimate of drug-likeness (QED) is 0.483. The SMILES string of the molecule is CN(c1nc(C(=O)NCC(O)C(O)C(C#N)Cc2ccncc2)cs1)S(C)(=O)=O. The van der Waals surface area contributed by atoms with E-state index in [2.05, 4.69) is 15.3 Å². The molecule has 0 aromatic carbocycles. The van der Waals surface area contributed by atoms with Gasteiger partial charge in [-0.1, -0.05) is 0 Å². The van der Waals surface area contributed by atoms with E-state index in [1.54, 1.807) is 24.5 Å². The van der Waals surface area contributed by atoms with Gasteiger partial charge in [0, 0.05) is 31.4 Å². The van der Waals surface area contributed by atoms with Crippen molar-refractivity contribution in [3.63, 3.8) is 0 Å². The Bertz CT molecular complexity index is 974. The highest BCUT2D eigenvalue weighted by Gasteiger charge is 2.27. The number of aliphatic hydroxyl groups excluding tert-OH is 2. The molecule has 2 rings (SSSR count). The minimum atomic E-state index is -3.50. The Morgan fingerprint density at radius 2 is 2.03 bits per heavy atom. The lowest BCUT2D eigenvalue weighted by Crippen LogP contribution is -2.42. The second-order valence-electron chi connectivity index (χ2n) is 6.31. The normalized spacial score (nSPS) is 14.4. The number of thiazole rings is 1. The molecule has 0 saturated heterocycles. The molecule has 156 valence electrons. The zero-order valence-electron chi connectivity index (χ0n) is 15.8. The molecular weight excluding hydrogens is 418 g/mol. The lowest BCUT2D eigenvalue weighted by atomic mass is 9.92. The molecule has 2 heterocycles. The first-order valence-electron chi connectivity index (χ1n) is 8.45. The van der Waals surface area contributed by atoms with E-state index in [0.717, 1.165) is 27.5 Å². The highest BCUT2D eigenvalue weighted by Crippen LogP contribution is 2.21. The van der Waals surface area contributed by atoms with Crippen molar-refractivity contribution in [2.45, 2.75) is 18.6 Å². The number of nitrogens with one attached hydrogen (secondary N) is 1. The number of sulfonamides is 1. The van der Waals surface area contributed by atoms with Crippen LogP contribution in [0.1, 0.15) is 16.1 Å². The molecule has 2 aromatic heterocycles. The molecule has 3 atom stereocenters. The van der Waals surface area contributed by atoms with Crippen LogP contribution in [0.4, 0.5) is 5.13 Å². The number of anilines is 1.